The summed E-state index contributed by atoms with van der Waals surface area (Å²) in [6, 6.07) is 6.79. The Hall–Kier alpha value is -2.81. The average molecular weight is 419 g/mol. The lowest BCUT2D eigenvalue weighted by atomic mass is 10.2. The molecule has 1 aromatic carbocycles. The maximum atomic E-state index is 12.5. The van der Waals surface area contributed by atoms with E-state index < -0.39 is 0 Å². The zero-order valence-electron chi connectivity index (χ0n) is 17.1. The van der Waals surface area contributed by atoms with Crippen molar-refractivity contribution >= 4 is 40.9 Å². The summed E-state index contributed by atoms with van der Waals surface area (Å²) in [6.07, 6.45) is 0. The fraction of sp³-hybridized carbons (Fsp3) is 0.400. The highest BCUT2D eigenvalue weighted by Gasteiger charge is 2.17. The van der Waals surface area contributed by atoms with Gasteiger partial charge in [-0.15, -0.1) is 11.8 Å². The van der Waals surface area contributed by atoms with E-state index in [1.807, 2.05) is 20.8 Å². The van der Waals surface area contributed by atoms with Gasteiger partial charge in [-0.3, -0.25) is 14.4 Å². The molecule has 0 spiro atoms. The molecule has 9 heteroatoms. The average Bonchev–Trinajstić information content (AvgIpc) is 2.99. The van der Waals surface area contributed by atoms with Gasteiger partial charge < -0.3 is 20.1 Å². The van der Waals surface area contributed by atoms with Crippen LogP contribution in [0.3, 0.4) is 0 Å². The molecule has 156 valence electrons. The number of carbonyl (C=O) groups excluding carboxylic acids is 3. The minimum absolute atomic E-state index is 0.0192. The van der Waals surface area contributed by atoms with E-state index in [1.54, 1.807) is 24.3 Å². The summed E-state index contributed by atoms with van der Waals surface area (Å²) in [5.74, 6) is 1.14. The highest BCUT2D eigenvalue weighted by molar-refractivity contribution is 7.99. The number of aromatic nitrogens is 1. The van der Waals surface area contributed by atoms with Gasteiger partial charge in [0.1, 0.15) is 5.76 Å². The topological polar surface area (TPSA) is 105 Å². The minimum Gasteiger partial charge on any atom is -0.361 e. The zero-order chi connectivity index (χ0) is 21.4. The van der Waals surface area contributed by atoms with Crippen molar-refractivity contribution in [3.63, 3.8) is 0 Å². The largest absolute Gasteiger partial charge is 0.361 e. The Morgan fingerprint density at radius 2 is 1.72 bits per heavy atom. The predicted molar refractivity (Wildman–Crippen MR) is 114 cm³/mol. The van der Waals surface area contributed by atoms with Crippen LogP contribution in [-0.2, 0) is 20.1 Å². The molecule has 2 rings (SSSR count). The summed E-state index contributed by atoms with van der Waals surface area (Å²) in [5.41, 5.74) is 3.08. The Morgan fingerprint density at radius 1 is 1.10 bits per heavy atom. The second kappa shape index (κ2) is 10.7. The van der Waals surface area contributed by atoms with E-state index >= 15 is 0 Å². The maximum absolute atomic E-state index is 12.5. The molecule has 0 radical (unpaired) electrons. The number of nitrogens with zero attached hydrogens (tertiary/aromatic N) is 2. The third kappa shape index (κ3) is 6.94. The Bertz CT molecular complexity index is 844. The summed E-state index contributed by atoms with van der Waals surface area (Å²) in [5, 5.41) is 9.33. The van der Waals surface area contributed by atoms with Crippen LogP contribution in [-0.4, -0.2) is 46.6 Å². The third-order valence-corrected chi connectivity index (χ3v) is 5.15. The van der Waals surface area contributed by atoms with Crippen molar-refractivity contribution in [2.45, 2.75) is 33.4 Å². The van der Waals surface area contributed by atoms with Gasteiger partial charge in [0.2, 0.25) is 17.7 Å². The molecule has 2 N–H and O–H groups in total. The van der Waals surface area contributed by atoms with Crippen molar-refractivity contribution < 1.29 is 18.9 Å². The summed E-state index contributed by atoms with van der Waals surface area (Å²) in [6.45, 7) is 7.42. The van der Waals surface area contributed by atoms with Crippen LogP contribution in [0.15, 0.2) is 28.8 Å². The molecule has 0 atom stereocenters. The van der Waals surface area contributed by atoms with E-state index in [0.717, 1.165) is 17.0 Å². The Morgan fingerprint density at radius 3 is 2.24 bits per heavy atom. The monoisotopic (exact) mass is 418 g/mol. The van der Waals surface area contributed by atoms with Gasteiger partial charge in [-0.1, -0.05) is 5.16 Å². The Balaban J connectivity index is 1.82. The Kier molecular flexibility index (Phi) is 8.26. The summed E-state index contributed by atoms with van der Waals surface area (Å²) >= 11 is 1.47. The second-order valence-electron chi connectivity index (χ2n) is 6.51. The van der Waals surface area contributed by atoms with Gasteiger partial charge in [0.25, 0.3) is 0 Å². The molecule has 29 heavy (non-hydrogen) atoms. The van der Waals surface area contributed by atoms with Crippen LogP contribution in [0.1, 0.15) is 30.9 Å². The smallest absolute Gasteiger partial charge is 0.243 e. The number of carbonyl (C=O) groups is 3. The van der Waals surface area contributed by atoms with Crippen molar-refractivity contribution in [3.05, 3.63) is 41.3 Å². The molecule has 0 saturated carbocycles. The molecule has 0 aliphatic rings. The summed E-state index contributed by atoms with van der Waals surface area (Å²) in [4.78, 5) is 37.3. The van der Waals surface area contributed by atoms with E-state index in [2.05, 4.69) is 15.8 Å². The number of likely N-dealkylation sites (N-methyl/N-ethyl adjacent to an activating group) is 1. The van der Waals surface area contributed by atoms with E-state index in [9.17, 15) is 14.4 Å². The fourth-order valence-electron chi connectivity index (χ4n) is 2.63. The van der Waals surface area contributed by atoms with Gasteiger partial charge in [-0.25, -0.2) is 0 Å². The zero-order valence-corrected chi connectivity index (χ0v) is 17.9. The first-order chi connectivity index (χ1) is 13.8. The van der Waals surface area contributed by atoms with Crippen molar-refractivity contribution in [3.8, 4) is 0 Å². The number of thioether (sulfide) groups is 1. The second-order valence-corrected chi connectivity index (χ2v) is 7.50. The van der Waals surface area contributed by atoms with Gasteiger partial charge in [-0.2, -0.15) is 0 Å². The first-order valence-corrected chi connectivity index (χ1v) is 10.4. The van der Waals surface area contributed by atoms with E-state index in [4.69, 9.17) is 4.52 Å². The quantitative estimate of drug-likeness (QED) is 0.649. The normalized spacial score (nSPS) is 10.5. The third-order valence-electron chi connectivity index (χ3n) is 4.21. The van der Waals surface area contributed by atoms with Crippen LogP contribution in [0.2, 0.25) is 0 Å². The number of hydrogen-bond donors (Lipinski definition) is 2. The summed E-state index contributed by atoms with van der Waals surface area (Å²) < 4.78 is 5.12. The molecule has 8 nitrogen and oxygen atoms in total. The molecule has 0 unspecified atom stereocenters. The van der Waals surface area contributed by atoms with Gasteiger partial charge in [0, 0.05) is 36.2 Å². The molecule has 1 heterocycles. The van der Waals surface area contributed by atoms with Crippen LogP contribution in [0.4, 0.5) is 11.4 Å². The molecule has 0 aliphatic carbocycles. The molecule has 0 fully saturated rings. The van der Waals surface area contributed by atoms with Gasteiger partial charge >= 0.3 is 0 Å². The number of benzene rings is 1. The fourth-order valence-corrected chi connectivity index (χ4v) is 3.71. The number of hydrogen-bond acceptors (Lipinski definition) is 6. The lowest BCUT2D eigenvalue weighted by Gasteiger charge is -2.20. The maximum Gasteiger partial charge on any atom is 0.243 e. The minimum atomic E-state index is -0.275. The number of amides is 3. The SMILES string of the molecule is CCN(CC(=O)Nc1ccc(NC(C)=O)cc1)C(=O)CSCc1c(C)noc1C. The molecule has 2 aromatic rings. The molecule has 0 aliphatic heterocycles. The van der Waals surface area contributed by atoms with Gasteiger partial charge in [0.15, 0.2) is 0 Å². The van der Waals surface area contributed by atoms with Crippen molar-refractivity contribution in [1.82, 2.24) is 10.1 Å². The number of aryl methyl sites for hydroxylation is 2. The number of nitrogens with one attached hydrogen (secondary N) is 2. The van der Waals surface area contributed by atoms with Crippen LogP contribution >= 0.6 is 11.8 Å². The van der Waals surface area contributed by atoms with Crippen molar-refractivity contribution in [2.24, 2.45) is 0 Å². The van der Waals surface area contributed by atoms with Crippen molar-refractivity contribution in [1.29, 1.82) is 0 Å². The van der Waals surface area contributed by atoms with E-state index in [0.29, 0.717) is 23.7 Å². The summed E-state index contributed by atoms with van der Waals surface area (Å²) in [7, 11) is 0. The van der Waals surface area contributed by atoms with E-state index in [-0.39, 0.29) is 30.0 Å². The standard InChI is InChI=1S/C20H26N4O4S/c1-5-24(20(27)12-29-11-18-13(2)23-28-14(18)3)10-19(26)22-17-8-6-16(7-9-17)21-15(4)25/h6-9H,5,10-12H2,1-4H3,(H,21,25)(H,22,26). The molecule has 0 bridgehead atoms. The Labute approximate surface area is 174 Å². The molecule has 3 amide bonds. The first-order valence-electron chi connectivity index (χ1n) is 9.25. The molecular weight excluding hydrogens is 392 g/mol. The lowest BCUT2D eigenvalue weighted by molar-refractivity contribution is -0.132. The molecular formula is C20H26N4O4S. The van der Waals surface area contributed by atoms with Crippen LogP contribution in [0.5, 0.6) is 0 Å². The van der Waals surface area contributed by atoms with E-state index in [1.165, 1.54) is 23.6 Å². The molecule has 1 aromatic heterocycles. The van der Waals surface area contributed by atoms with Crippen LogP contribution in [0, 0.1) is 13.8 Å². The molecule has 0 saturated heterocycles. The predicted octanol–water partition coefficient (Wildman–Crippen LogP) is 2.97. The highest BCUT2D eigenvalue weighted by atomic mass is 32.2. The lowest BCUT2D eigenvalue weighted by Crippen LogP contribution is -2.38. The number of rotatable bonds is 9. The van der Waals surface area contributed by atoms with Crippen LogP contribution < -0.4 is 10.6 Å². The van der Waals surface area contributed by atoms with Crippen LogP contribution in [0.25, 0.3) is 0 Å². The highest BCUT2D eigenvalue weighted by Crippen LogP contribution is 2.20. The van der Waals surface area contributed by atoms with Crippen molar-refractivity contribution in [2.75, 3.05) is 29.5 Å². The first kappa shape index (κ1) is 22.5. The van der Waals surface area contributed by atoms with Gasteiger partial charge in [-0.05, 0) is 45.0 Å². The van der Waals surface area contributed by atoms with Gasteiger partial charge in [0.05, 0.1) is 18.0 Å². The number of anilines is 2.